The summed E-state index contributed by atoms with van der Waals surface area (Å²) in [6.07, 6.45) is 0. The SMILES string of the molecule is COc1cccc(SNC(C)(C)c2ccc(CBr)cc2)c1. The maximum absolute atomic E-state index is 5.25. The number of nitrogens with one attached hydrogen (secondary N) is 1. The third-order valence-corrected chi connectivity index (χ3v) is 5.04. The van der Waals surface area contributed by atoms with Gasteiger partial charge in [-0.1, -0.05) is 46.3 Å². The lowest BCUT2D eigenvalue weighted by atomic mass is 9.95. The van der Waals surface area contributed by atoms with Crippen LogP contribution in [-0.2, 0) is 10.9 Å². The highest BCUT2D eigenvalue weighted by atomic mass is 79.9. The van der Waals surface area contributed by atoms with Crippen LogP contribution in [0.2, 0.25) is 0 Å². The Kier molecular flexibility index (Phi) is 5.73. The minimum absolute atomic E-state index is 0.113. The Morgan fingerprint density at radius 1 is 1.14 bits per heavy atom. The molecule has 0 saturated carbocycles. The molecule has 0 fully saturated rings. The smallest absolute Gasteiger partial charge is 0.120 e. The van der Waals surface area contributed by atoms with E-state index in [4.69, 9.17) is 4.74 Å². The summed E-state index contributed by atoms with van der Waals surface area (Å²) in [4.78, 5) is 1.14. The van der Waals surface area contributed by atoms with Gasteiger partial charge in [0.2, 0.25) is 0 Å². The van der Waals surface area contributed by atoms with Crippen molar-refractivity contribution in [2.24, 2.45) is 0 Å². The number of hydrogen-bond acceptors (Lipinski definition) is 3. The Morgan fingerprint density at radius 2 is 1.86 bits per heavy atom. The molecule has 0 aliphatic rings. The lowest BCUT2D eigenvalue weighted by molar-refractivity contribution is 0.413. The minimum atomic E-state index is -0.113. The van der Waals surface area contributed by atoms with Crippen molar-refractivity contribution < 1.29 is 4.74 Å². The summed E-state index contributed by atoms with van der Waals surface area (Å²) in [7, 11) is 1.69. The van der Waals surface area contributed by atoms with E-state index in [2.05, 4.69) is 64.8 Å². The highest BCUT2D eigenvalue weighted by Gasteiger charge is 2.20. The van der Waals surface area contributed by atoms with E-state index in [0.29, 0.717) is 0 Å². The third kappa shape index (κ3) is 4.50. The van der Waals surface area contributed by atoms with Gasteiger partial charge in [0.15, 0.2) is 0 Å². The molecule has 0 heterocycles. The van der Waals surface area contributed by atoms with Crippen LogP contribution >= 0.6 is 27.9 Å². The monoisotopic (exact) mass is 365 g/mol. The van der Waals surface area contributed by atoms with Gasteiger partial charge >= 0.3 is 0 Å². The molecule has 0 radical (unpaired) electrons. The van der Waals surface area contributed by atoms with Crippen LogP contribution in [0.4, 0.5) is 0 Å². The van der Waals surface area contributed by atoms with Crippen molar-refractivity contribution in [1.82, 2.24) is 4.72 Å². The zero-order valence-electron chi connectivity index (χ0n) is 12.5. The third-order valence-electron chi connectivity index (χ3n) is 3.30. The Bertz CT molecular complexity index is 584. The van der Waals surface area contributed by atoms with E-state index in [0.717, 1.165) is 16.0 Å². The molecular formula is C17H20BrNOS. The molecule has 0 aliphatic heterocycles. The average molecular weight is 366 g/mol. The summed E-state index contributed by atoms with van der Waals surface area (Å²) in [6.45, 7) is 4.37. The first-order valence-electron chi connectivity index (χ1n) is 6.78. The molecule has 2 rings (SSSR count). The predicted octanol–water partition coefficient (Wildman–Crippen LogP) is 5.12. The van der Waals surface area contributed by atoms with Gasteiger partial charge in [0.1, 0.15) is 5.75 Å². The van der Waals surface area contributed by atoms with Crippen LogP contribution in [-0.4, -0.2) is 7.11 Å². The van der Waals surface area contributed by atoms with Crippen LogP contribution in [0.3, 0.4) is 0 Å². The number of rotatable bonds is 6. The van der Waals surface area contributed by atoms with E-state index in [1.807, 2.05) is 18.2 Å². The van der Waals surface area contributed by atoms with Crippen LogP contribution in [0.15, 0.2) is 53.4 Å². The van der Waals surface area contributed by atoms with E-state index in [-0.39, 0.29) is 5.54 Å². The fourth-order valence-electron chi connectivity index (χ4n) is 1.92. The second-order valence-electron chi connectivity index (χ2n) is 5.34. The zero-order chi connectivity index (χ0) is 15.3. The van der Waals surface area contributed by atoms with Crippen molar-refractivity contribution in [3.05, 3.63) is 59.7 Å². The topological polar surface area (TPSA) is 21.3 Å². The first-order chi connectivity index (χ1) is 10.0. The average Bonchev–Trinajstić information content (AvgIpc) is 2.53. The van der Waals surface area contributed by atoms with Crippen molar-refractivity contribution in [2.45, 2.75) is 29.6 Å². The van der Waals surface area contributed by atoms with E-state index >= 15 is 0 Å². The fourth-order valence-corrected chi connectivity index (χ4v) is 3.11. The van der Waals surface area contributed by atoms with Crippen molar-refractivity contribution >= 4 is 27.9 Å². The Labute approximate surface area is 139 Å². The molecule has 0 saturated heterocycles. The quantitative estimate of drug-likeness (QED) is 0.566. The minimum Gasteiger partial charge on any atom is -0.497 e. The standard InChI is InChI=1S/C17H20BrNOS/c1-17(2,14-9-7-13(12-18)8-10-14)19-21-16-6-4-5-15(11-16)20-3/h4-11,19H,12H2,1-3H3. The Hall–Kier alpha value is -0.970. The van der Waals surface area contributed by atoms with Crippen LogP contribution in [0.25, 0.3) is 0 Å². The Balaban J connectivity index is 2.05. The maximum Gasteiger partial charge on any atom is 0.120 e. The number of alkyl halides is 1. The highest BCUT2D eigenvalue weighted by molar-refractivity contribution is 9.08. The molecule has 4 heteroatoms. The number of halogens is 1. The molecule has 0 amide bonds. The van der Waals surface area contributed by atoms with Gasteiger partial charge in [0.25, 0.3) is 0 Å². The molecule has 2 aromatic rings. The molecule has 112 valence electrons. The van der Waals surface area contributed by atoms with Crippen molar-refractivity contribution in [3.8, 4) is 5.75 Å². The fraction of sp³-hybridized carbons (Fsp3) is 0.294. The normalized spacial score (nSPS) is 11.4. The second-order valence-corrected chi connectivity index (χ2v) is 6.78. The van der Waals surface area contributed by atoms with Gasteiger partial charge < -0.3 is 4.74 Å². The van der Waals surface area contributed by atoms with Crippen LogP contribution in [0, 0.1) is 0 Å². The van der Waals surface area contributed by atoms with Crippen molar-refractivity contribution in [2.75, 3.05) is 7.11 Å². The molecule has 21 heavy (non-hydrogen) atoms. The first-order valence-corrected chi connectivity index (χ1v) is 8.72. The van der Waals surface area contributed by atoms with Crippen LogP contribution in [0.1, 0.15) is 25.0 Å². The van der Waals surface area contributed by atoms with Crippen LogP contribution < -0.4 is 9.46 Å². The number of methoxy groups -OCH3 is 1. The second kappa shape index (κ2) is 7.34. The Morgan fingerprint density at radius 3 is 2.48 bits per heavy atom. The van der Waals surface area contributed by atoms with Crippen LogP contribution in [0.5, 0.6) is 5.75 Å². The highest BCUT2D eigenvalue weighted by Crippen LogP contribution is 2.28. The molecule has 0 spiro atoms. The van der Waals surface area contributed by atoms with E-state index in [9.17, 15) is 0 Å². The molecule has 2 aromatic carbocycles. The molecule has 0 atom stereocenters. The summed E-state index contributed by atoms with van der Waals surface area (Å²) in [5, 5.41) is 0.889. The molecule has 1 N–H and O–H groups in total. The summed E-state index contributed by atoms with van der Waals surface area (Å²) in [5.74, 6) is 0.876. The lowest BCUT2D eigenvalue weighted by Gasteiger charge is -2.26. The molecule has 0 unspecified atom stereocenters. The van der Waals surface area contributed by atoms with Gasteiger partial charge in [-0.05, 0) is 55.1 Å². The van der Waals surface area contributed by atoms with Gasteiger partial charge in [-0.2, -0.15) is 0 Å². The molecule has 0 aliphatic carbocycles. The van der Waals surface area contributed by atoms with E-state index < -0.39 is 0 Å². The first kappa shape index (κ1) is 16.4. The zero-order valence-corrected chi connectivity index (χ0v) is 14.9. The van der Waals surface area contributed by atoms with Gasteiger partial charge in [0, 0.05) is 15.8 Å². The molecule has 2 nitrogen and oxygen atoms in total. The molecule has 0 aromatic heterocycles. The summed E-state index contributed by atoms with van der Waals surface area (Å²) in [5.41, 5.74) is 2.44. The van der Waals surface area contributed by atoms with Gasteiger partial charge in [-0.25, -0.2) is 4.72 Å². The lowest BCUT2D eigenvalue weighted by Crippen LogP contribution is -2.31. The van der Waals surface area contributed by atoms with Gasteiger partial charge in [-0.3, -0.25) is 0 Å². The van der Waals surface area contributed by atoms with Gasteiger partial charge in [-0.15, -0.1) is 0 Å². The van der Waals surface area contributed by atoms with Crippen molar-refractivity contribution in [1.29, 1.82) is 0 Å². The summed E-state index contributed by atoms with van der Waals surface area (Å²) >= 11 is 5.10. The van der Waals surface area contributed by atoms with Gasteiger partial charge in [0.05, 0.1) is 7.11 Å². The summed E-state index contributed by atoms with van der Waals surface area (Å²) < 4.78 is 8.78. The van der Waals surface area contributed by atoms with E-state index in [1.54, 1.807) is 19.1 Å². The predicted molar refractivity (Wildman–Crippen MR) is 94.1 cm³/mol. The number of ether oxygens (including phenoxy) is 1. The summed E-state index contributed by atoms with van der Waals surface area (Å²) in [6, 6.07) is 16.7. The van der Waals surface area contributed by atoms with E-state index in [1.165, 1.54) is 11.1 Å². The molecular weight excluding hydrogens is 346 g/mol. The largest absolute Gasteiger partial charge is 0.497 e. The number of hydrogen-bond donors (Lipinski definition) is 1. The maximum atomic E-state index is 5.25. The number of benzene rings is 2. The van der Waals surface area contributed by atoms with Crippen molar-refractivity contribution in [3.63, 3.8) is 0 Å². The molecule has 0 bridgehead atoms.